The number of carbonyl (C=O) groups is 1. The minimum atomic E-state index is 0.00330. The molecule has 1 aromatic rings. The molecular weight excluding hydrogens is 224 g/mol. The molecular formula is C12H16ClN2O+. The zero-order valence-corrected chi connectivity index (χ0v) is 9.83. The van der Waals surface area contributed by atoms with Crippen LogP contribution in [-0.4, -0.2) is 25.0 Å². The Morgan fingerprint density at radius 1 is 1.25 bits per heavy atom. The van der Waals surface area contributed by atoms with Crippen molar-refractivity contribution in [3.05, 3.63) is 34.9 Å². The third kappa shape index (κ3) is 2.97. The summed E-state index contributed by atoms with van der Waals surface area (Å²) in [6.45, 7) is 2.21. The molecule has 0 spiro atoms. The van der Waals surface area contributed by atoms with Gasteiger partial charge in [-0.3, -0.25) is 4.79 Å². The highest BCUT2D eigenvalue weighted by Crippen LogP contribution is 2.10. The molecule has 0 saturated carbocycles. The first-order chi connectivity index (χ1) is 7.75. The molecule has 0 radical (unpaired) electrons. The first kappa shape index (κ1) is 11.4. The third-order valence-corrected chi connectivity index (χ3v) is 3.13. The molecule has 3 N–H and O–H groups in total. The molecule has 0 unspecified atom stereocenters. The zero-order chi connectivity index (χ0) is 11.4. The molecule has 1 fully saturated rings. The highest BCUT2D eigenvalue weighted by molar-refractivity contribution is 6.30. The second-order valence-corrected chi connectivity index (χ2v) is 4.56. The second kappa shape index (κ2) is 5.32. The lowest BCUT2D eigenvalue weighted by atomic mass is 10.1. The van der Waals surface area contributed by atoms with E-state index in [1.807, 2.05) is 0 Å². The van der Waals surface area contributed by atoms with Crippen LogP contribution >= 0.6 is 11.6 Å². The van der Waals surface area contributed by atoms with Gasteiger partial charge in [0, 0.05) is 29.5 Å². The van der Waals surface area contributed by atoms with E-state index in [1.54, 1.807) is 24.3 Å². The average Bonchev–Trinajstić information content (AvgIpc) is 2.31. The molecule has 0 bridgehead atoms. The molecule has 1 amide bonds. The highest BCUT2D eigenvalue weighted by Gasteiger charge is 2.17. The fourth-order valence-corrected chi connectivity index (χ4v) is 2.07. The number of carbonyl (C=O) groups excluding carboxylic acids is 1. The summed E-state index contributed by atoms with van der Waals surface area (Å²) >= 11 is 5.77. The maximum Gasteiger partial charge on any atom is 0.251 e. The van der Waals surface area contributed by atoms with Crippen LogP contribution in [0.1, 0.15) is 23.2 Å². The van der Waals surface area contributed by atoms with Crippen molar-refractivity contribution >= 4 is 17.5 Å². The fourth-order valence-electron chi connectivity index (χ4n) is 1.94. The van der Waals surface area contributed by atoms with Gasteiger partial charge in [0.25, 0.3) is 5.91 Å². The summed E-state index contributed by atoms with van der Waals surface area (Å²) in [5.74, 6) is 0.00330. The number of nitrogens with two attached hydrogens (primary N) is 1. The number of amides is 1. The molecule has 3 nitrogen and oxygen atoms in total. The van der Waals surface area contributed by atoms with Gasteiger partial charge in [0.15, 0.2) is 0 Å². The highest BCUT2D eigenvalue weighted by atomic mass is 35.5. The van der Waals surface area contributed by atoms with Gasteiger partial charge < -0.3 is 10.6 Å². The Morgan fingerprint density at radius 2 is 1.88 bits per heavy atom. The lowest BCUT2D eigenvalue weighted by Crippen LogP contribution is -2.87. The number of hydrogen-bond acceptors (Lipinski definition) is 1. The van der Waals surface area contributed by atoms with Crippen molar-refractivity contribution in [2.45, 2.75) is 18.9 Å². The van der Waals surface area contributed by atoms with Crippen molar-refractivity contribution in [1.29, 1.82) is 0 Å². The van der Waals surface area contributed by atoms with Gasteiger partial charge >= 0.3 is 0 Å². The van der Waals surface area contributed by atoms with Gasteiger partial charge in [-0.2, -0.15) is 0 Å². The summed E-state index contributed by atoms with van der Waals surface area (Å²) in [6.07, 6.45) is 2.11. The van der Waals surface area contributed by atoms with Crippen molar-refractivity contribution in [2.75, 3.05) is 13.1 Å². The standard InChI is InChI=1S/C12H15ClN2O/c13-10-3-1-9(2-4-10)12(16)15-11-5-7-14-8-6-11/h1-4,11,14H,5-8H2,(H,15,16)/p+1. The zero-order valence-electron chi connectivity index (χ0n) is 9.08. The van der Waals surface area contributed by atoms with Crippen molar-refractivity contribution < 1.29 is 10.1 Å². The summed E-state index contributed by atoms with van der Waals surface area (Å²) in [5.41, 5.74) is 0.680. The molecule has 1 aromatic carbocycles. The van der Waals surface area contributed by atoms with Gasteiger partial charge in [-0.1, -0.05) is 11.6 Å². The lowest BCUT2D eigenvalue weighted by Gasteiger charge is -2.21. The van der Waals surface area contributed by atoms with Crippen LogP contribution in [-0.2, 0) is 0 Å². The van der Waals surface area contributed by atoms with E-state index in [4.69, 9.17) is 11.6 Å². The Hall–Kier alpha value is -1.06. The number of rotatable bonds is 2. The molecule has 16 heavy (non-hydrogen) atoms. The summed E-state index contributed by atoms with van der Waals surface area (Å²) in [5, 5.41) is 5.99. The SMILES string of the molecule is O=C(NC1CC[NH2+]CC1)c1ccc(Cl)cc1. The van der Waals surface area contributed by atoms with E-state index in [1.165, 1.54) is 0 Å². The van der Waals surface area contributed by atoms with E-state index >= 15 is 0 Å². The van der Waals surface area contributed by atoms with E-state index in [0.717, 1.165) is 25.9 Å². The maximum absolute atomic E-state index is 11.9. The molecule has 0 aliphatic carbocycles. The number of halogens is 1. The number of hydrogen-bond donors (Lipinski definition) is 2. The van der Waals surface area contributed by atoms with Gasteiger partial charge in [-0.15, -0.1) is 0 Å². The maximum atomic E-state index is 11.9. The molecule has 1 saturated heterocycles. The third-order valence-electron chi connectivity index (χ3n) is 2.88. The predicted octanol–water partition coefficient (Wildman–Crippen LogP) is 0.796. The minimum Gasteiger partial charge on any atom is -0.349 e. The number of quaternary nitrogens is 1. The Labute approximate surface area is 100 Å². The fraction of sp³-hybridized carbons (Fsp3) is 0.417. The van der Waals surface area contributed by atoms with Gasteiger partial charge in [-0.05, 0) is 24.3 Å². The molecule has 86 valence electrons. The van der Waals surface area contributed by atoms with Crippen LogP contribution in [0.4, 0.5) is 0 Å². The number of benzene rings is 1. The molecule has 1 aliphatic rings. The largest absolute Gasteiger partial charge is 0.349 e. The number of nitrogens with one attached hydrogen (secondary N) is 1. The molecule has 2 rings (SSSR count). The van der Waals surface area contributed by atoms with E-state index < -0.39 is 0 Å². The van der Waals surface area contributed by atoms with Crippen LogP contribution in [0.15, 0.2) is 24.3 Å². The summed E-state index contributed by atoms with van der Waals surface area (Å²) in [7, 11) is 0. The van der Waals surface area contributed by atoms with Crippen LogP contribution in [0, 0.1) is 0 Å². The van der Waals surface area contributed by atoms with Crippen molar-refractivity contribution in [1.82, 2.24) is 5.32 Å². The Kier molecular flexibility index (Phi) is 3.80. The first-order valence-electron chi connectivity index (χ1n) is 5.64. The molecule has 1 heterocycles. The van der Waals surface area contributed by atoms with Gasteiger partial charge in [0.2, 0.25) is 0 Å². The van der Waals surface area contributed by atoms with Crippen molar-refractivity contribution in [3.8, 4) is 0 Å². The Balaban J connectivity index is 1.94. The minimum absolute atomic E-state index is 0.00330. The van der Waals surface area contributed by atoms with Gasteiger partial charge in [0.05, 0.1) is 13.1 Å². The number of piperidine rings is 1. The van der Waals surface area contributed by atoms with E-state index in [9.17, 15) is 4.79 Å². The van der Waals surface area contributed by atoms with Crippen LogP contribution in [0.2, 0.25) is 5.02 Å². The molecule has 0 aromatic heterocycles. The van der Waals surface area contributed by atoms with Crippen molar-refractivity contribution in [2.24, 2.45) is 0 Å². The van der Waals surface area contributed by atoms with Crippen molar-refractivity contribution in [3.63, 3.8) is 0 Å². The van der Waals surface area contributed by atoms with E-state index in [-0.39, 0.29) is 5.91 Å². The topological polar surface area (TPSA) is 45.7 Å². The van der Waals surface area contributed by atoms with Crippen LogP contribution in [0.25, 0.3) is 0 Å². The van der Waals surface area contributed by atoms with Crippen LogP contribution in [0.5, 0.6) is 0 Å². The van der Waals surface area contributed by atoms with E-state index in [0.29, 0.717) is 16.6 Å². The lowest BCUT2D eigenvalue weighted by molar-refractivity contribution is -0.663. The van der Waals surface area contributed by atoms with Crippen LogP contribution in [0.3, 0.4) is 0 Å². The van der Waals surface area contributed by atoms with Gasteiger partial charge in [0.1, 0.15) is 0 Å². The summed E-state index contributed by atoms with van der Waals surface area (Å²) in [6, 6.07) is 7.32. The molecule has 4 heteroatoms. The average molecular weight is 240 g/mol. The monoisotopic (exact) mass is 239 g/mol. The first-order valence-corrected chi connectivity index (χ1v) is 6.01. The molecule has 0 atom stereocenters. The normalized spacial score (nSPS) is 17.1. The second-order valence-electron chi connectivity index (χ2n) is 4.12. The summed E-state index contributed by atoms with van der Waals surface area (Å²) in [4.78, 5) is 11.9. The Morgan fingerprint density at radius 3 is 2.50 bits per heavy atom. The van der Waals surface area contributed by atoms with E-state index in [2.05, 4.69) is 10.6 Å². The van der Waals surface area contributed by atoms with Gasteiger partial charge in [-0.25, -0.2) is 0 Å². The smallest absolute Gasteiger partial charge is 0.251 e. The van der Waals surface area contributed by atoms with Crippen LogP contribution < -0.4 is 10.6 Å². The quantitative estimate of drug-likeness (QED) is 0.788. The predicted molar refractivity (Wildman–Crippen MR) is 63.6 cm³/mol. The Bertz CT molecular complexity index is 358. The summed E-state index contributed by atoms with van der Waals surface area (Å²) < 4.78 is 0. The molecule has 1 aliphatic heterocycles.